The molecule has 33 heavy (non-hydrogen) atoms. The van der Waals surface area contributed by atoms with Crippen molar-refractivity contribution >= 4 is 46.0 Å². The number of aromatic amines is 1. The number of carbonyl (C=O) groups is 2. The number of pyridine rings is 1. The van der Waals surface area contributed by atoms with E-state index in [0.29, 0.717) is 30.1 Å². The second-order valence-corrected chi connectivity index (χ2v) is 9.15. The molecule has 4 rings (SSSR count). The smallest absolute Gasteiger partial charge is 0.242 e. The van der Waals surface area contributed by atoms with Crippen molar-refractivity contribution in [2.24, 2.45) is 5.92 Å². The molecule has 10 heteroatoms. The van der Waals surface area contributed by atoms with Crippen molar-refractivity contribution in [2.45, 2.75) is 38.4 Å². The maximum Gasteiger partial charge on any atom is 0.242 e. The van der Waals surface area contributed by atoms with Gasteiger partial charge < -0.3 is 20.9 Å². The molecule has 1 fully saturated rings. The van der Waals surface area contributed by atoms with Gasteiger partial charge in [-0.25, -0.2) is 9.37 Å². The van der Waals surface area contributed by atoms with E-state index in [1.54, 1.807) is 31.5 Å². The molecule has 0 spiro atoms. The quantitative estimate of drug-likeness (QED) is 0.407. The molecule has 3 heterocycles. The Kier molecular flexibility index (Phi) is 7.17. The predicted octanol–water partition coefficient (Wildman–Crippen LogP) is 3.35. The van der Waals surface area contributed by atoms with Gasteiger partial charge in [0.25, 0.3) is 0 Å². The molecule has 0 bridgehead atoms. The van der Waals surface area contributed by atoms with Crippen molar-refractivity contribution in [3.8, 4) is 0 Å². The summed E-state index contributed by atoms with van der Waals surface area (Å²) in [5, 5.41) is 10.2. The van der Waals surface area contributed by atoms with Gasteiger partial charge in [0.15, 0.2) is 0 Å². The Balaban J connectivity index is 1.24. The Morgan fingerprint density at radius 1 is 1.24 bits per heavy atom. The van der Waals surface area contributed by atoms with Crippen molar-refractivity contribution in [1.29, 1.82) is 0 Å². The van der Waals surface area contributed by atoms with Crippen molar-refractivity contribution < 1.29 is 14.0 Å². The molecule has 174 valence electrons. The third kappa shape index (κ3) is 5.63. The van der Waals surface area contributed by atoms with Crippen molar-refractivity contribution in [2.75, 3.05) is 6.54 Å². The lowest BCUT2D eigenvalue weighted by molar-refractivity contribution is -0.129. The number of rotatable bonds is 7. The number of H-pyrrole nitrogens is 1. The number of aromatic nitrogens is 2. The third-order valence-electron chi connectivity index (χ3n) is 5.80. The van der Waals surface area contributed by atoms with E-state index >= 15 is 0 Å². The molecule has 3 aromatic rings. The summed E-state index contributed by atoms with van der Waals surface area (Å²) in [4.78, 5) is 32.3. The van der Waals surface area contributed by atoms with Crippen molar-refractivity contribution in [3.63, 3.8) is 0 Å². The van der Waals surface area contributed by atoms with Crippen LogP contribution in [0, 0.1) is 11.7 Å². The zero-order valence-corrected chi connectivity index (χ0v) is 19.4. The van der Waals surface area contributed by atoms with Crippen LogP contribution in [-0.4, -0.2) is 40.4 Å². The molecule has 2 amide bonds. The maximum absolute atomic E-state index is 13.3. The Morgan fingerprint density at radius 3 is 2.85 bits per heavy atom. The molecule has 1 aliphatic rings. The number of nitrogens with zero attached hydrogens (tertiary/aromatic N) is 1. The van der Waals surface area contributed by atoms with Crippen LogP contribution in [0.1, 0.15) is 24.5 Å². The first-order valence-corrected chi connectivity index (χ1v) is 11.4. The Hall–Kier alpha value is -2.68. The van der Waals surface area contributed by atoms with Gasteiger partial charge in [-0.1, -0.05) is 29.3 Å². The first-order chi connectivity index (χ1) is 15.8. The average molecular weight is 492 g/mol. The number of hydrogen-bond acceptors (Lipinski definition) is 4. The second kappa shape index (κ2) is 10.1. The van der Waals surface area contributed by atoms with Crippen LogP contribution in [0.25, 0.3) is 11.0 Å². The van der Waals surface area contributed by atoms with E-state index < -0.39 is 11.9 Å². The Morgan fingerprint density at radius 2 is 2.06 bits per heavy atom. The summed E-state index contributed by atoms with van der Waals surface area (Å²) in [7, 11) is 0. The fraction of sp³-hybridized carbons (Fsp3) is 0.348. The van der Waals surface area contributed by atoms with Gasteiger partial charge in [0, 0.05) is 24.3 Å². The van der Waals surface area contributed by atoms with Crippen LogP contribution in [0.4, 0.5) is 4.39 Å². The average Bonchev–Trinajstić information content (AvgIpc) is 3.41. The van der Waals surface area contributed by atoms with Gasteiger partial charge in [0.05, 0.1) is 16.1 Å². The van der Waals surface area contributed by atoms with Gasteiger partial charge in [-0.15, -0.1) is 0 Å². The fourth-order valence-electron chi connectivity index (χ4n) is 4.00. The maximum atomic E-state index is 13.3. The first-order valence-electron chi connectivity index (χ1n) is 10.7. The lowest BCUT2D eigenvalue weighted by atomic mass is 9.96. The lowest BCUT2D eigenvalue weighted by Crippen LogP contribution is -2.49. The number of amides is 2. The van der Waals surface area contributed by atoms with Gasteiger partial charge in [-0.05, 0) is 61.6 Å². The van der Waals surface area contributed by atoms with E-state index in [4.69, 9.17) is 23.2 Å². The molecule has 7 nitrogen and oxygen atoms in total. The van der Waals surface area contributed by atoms with Crippen LogP contribution in [-0.2, 0) is 22.6 Å². The predicted molar refractivity (Wildman–Crippen MR) is 126 cm³/mol. The highest BCUT2D eigenvalue weighted by Crippen LogP contribution is 2.23. The SMILES string of the molecule is C[C@H](NC(=O)[C@H]1C[C@H](Cc2ccc(F)c(Cl)c2)CN1)C(=O)NCc1cnc2[nH]cc(Cl)c2c1. The van der Waals surface area contributed by atoms with Crippen LogP contribution in [0.3, 0.4) is 0 Å². The zero-order valence-electron chi connectivity index (χ0n) is 17.9. The Bertz CT molecular complexity index is 1180. The topological polar surface area (TPSA) is 98.9 Å². The minimum absolute atomic E-state index is 0.0967. The molecule has 1 aromatic carbocycles. The number of nitrogens with one attached hydrogen (secondary N) is 4. The minimum Gasteiger partial charge on any atom is -0.350 e. The Labute approximate surface area is 200 Å². The minimum atomic E-state index is -0.693. The second-order valence-electron chi connectivity index (χ2n) is 8.34. The van der Waals surface area contributed by atoms with E-state index in [9.17, 15) is 14.0 Å². The molecule has 3 atom stereocenters. The number of carbonyl (C=O) groups excluding carboxylic acids is 2. The van der Waals surface area contributed by atoms with Crippen LogP contribution < -0.4 is 16.0 Å². The van der Waals surface area contributed by atoms with Crippen LogP contribution in [0.2, 0.25) is 10.0 Å². The molecule has 0 saturated carbocycles. The summed E-state index contributed by atoms with van der Waals surface area (Å²) in [6.45, 7) is 2.57. The summed E-state index contributed by atoms with van der Waals surface area (Å²) in [6, 6.07) is 5.46. The molecule has 1 aliphatic heterocycles. The van der Waals surface area contributed by atoms with E-state index in [-0.39, 0.29) is 35.3 Å². The number of halogens is 3. The summed E-state index contributed by atoms with van der Waals surface area (Å²) >= 11 is 12.0. The van der Waals surface area contributed by atoms with Gasteiger partial charge in [0.1, 0.15) is 17.5 Å². The molecule has 0 aliphatic carbocycles. The summed E-state index contributed by atoms with van der Waals surface area (Å²) in [5.74, 6) is -0.743. The number of benzene rings is 1. The van der Waals surface area contributed by atoms with Gasteiger partial charge in [-0.2, -0.15) is 0 Å². The van der Waals surface area contributed by atoms with Crippen molar-refractivity contribution in [1.82, 2.24) is 25.9 Å². The highest BCUT2D eigenvalue weighted by molar-refractivity contribution is 6.35. The third-order valence-corrected chi connectivity index (χ3v) is 6.41. The number of fused-ring (bicyclic) bond motifs is 1. The van der Waals surface area contributed by atoms with E-state index in [2.05, 4.69) is 25.9 Å². The molecule has 1 saturated heterocycles. The zero-order chi connectivity index (χ0) is 23.5. The van der Waals surface area contributed by atoms with Crippen LogP contribution in [0.5, 0.6) is 0 Å². The largest absolute Gasteiger partial charge is 0.350 e. The van der Waals surface area contributed by atoms with Gasteiger partial charge >= 0.3 is 0 Å². The van der Waals surface area contributed by atoms with Gasteiger partial charge in [0.2, 0.25) is 11.8 Å². The normalized spacial score (nSPS) is 18.9. The molecular formula is C23H24Cl2FN5O2. The van der Waals surface area contributed by atoms with E-state index in [1.165, 1.54) is 6.07 Å². The van der Waals surface area contributed by atoms with E-state index in [1.807, 2.05) is 6.07 Å². The first kappa shape index (κ1) is 23.5. The van der Waals surface area contributed by atoms with Crippen LogP contribution in [0.15, 0.2) is 36.7 Å². The standard InChI is InChI=1S/C23H24Cl2FN5O2/c1-12(22(32)30-10-15-5-16-18(25)11-29-21(16)28-9-15)31-23(33)20-7-14(8-27-20)4-13-2-3-19(26)17(24)6-13/h2-3,5-6,9,11-12,14,20,27H,4,7-8,10H2,1H3,(H,28,29)(H,30,32)(H,31,33)/t12-,14-,20+/m0/s1. The summed E-state index contributed by atoms with van der Waals surface area (Å²) < 4.78 is 13.3. The monoisotopic (exact) mass is 491 g/mol. The van der Waals surface area contributed by atoms with E-state index in [0.717, 1.165) is 16.5 Å². The molecular weight excluding hydrogens is 468 g/mol. The molecule has 4 N–H and O–H groups in total. The highest BCUT2D eigenvalue weighted by Gasteiger charge is 2.31. The fourth-order valence-corrected chi connectivity index (χ4v) is 4.40. The lowest BCUT2D eigenvalue weighted by Gasteiger charge is -2.17. The van der Waals surface area contributed by atoms with Crippen LogP contribution >= 0.6 is 23.2 Å². The van der Waals surface area contributed by atoms with Gasteiger partial charge in [-0.3, -0.25) is 9.59 Å². The summed E-state index contributed by atoms with van der Waals surface area (Å²) in [6.07, 6.45) is 4.64. The number of hydrogen-bond donors (Lipinski definition) is 4. The highest BCUT2D eigenvalue weighted by atomic mass is 35.5. The molecule has 2 aromatic heterocycles. The molecule has 0 radical (unpaired) electrons. The summed E-state index contributed by atoms with van der Waals surface area (Å²) in [5.41, 5.74) is 2.41. The van der Waals surface area contributed by atoms with Crippen molar-refractivity contribution in [3.05, 3.63) is 63.6 Å². The molecule has 0 unspecified atom stereocenters.